The first kappa shape index (κ1) is 24.7. The lowest BCUT2D eigenvalue weighted by molar-refractivity contribution is -0.137. The van der Waals surface area contributed by atoms with Crippen molar-refractivity contribution < 1.29 is 27.1 Å². The van der Waals surface area contributed by atoms with Gasteiger partial charge in [0.15, 0.2) is 0 Å². The van der Waals surface area contributed by atoms with Crippen molar-refractivity contribution >= 4 is 54.8 Å². The molecule has 30 heavy (non-hydrogen) atoms. The molecular formula is C18H12ClF3I2N2O4. The SMILES string of the molecule is CC(=O)Oc1ccc(Cl)cc1Cn1nc(-c2ccc(C(F)(F)F)cc2)oc1=O.II. The molecule has 3 rings (SSSR count). The molecule has 6 nitrogen and oxygen atoms in total. The van der Waals surface area contributed by atoms with Crippen molar-refractivity contribution in [3.05, 3.63) is 69.2 Å². The average Bonchev–Trinajstić information content (AvgIpc) is 3.05. The van der Waals surface area contributed by atoms with E-state index in [1.807, 2.05) is 0 Å². The summed E-state index contributed by atoms with van der Waals surface area (Å²) in [6.07, 6.45) is -4.47. The van der Waals surface area contributed by atoms with Gasteiger partial charge in [0.1, 0.15) is 5.75 Å². The average molecular weight is 667 g/mol. The molecule has 0 radical (unpaired) electrons. The van der Waals surface area contributed by atoms with Crippen LogP contribution in [0.4, 0.5) is 13.2 Å². The zero-order valence-corrected chi connectivity index (χ0v) is 20.1. The molecule has 0 unspecified atom stereocenters. The summed E-state index contributed by atoms with van der Waals surface area (Å²) in [6, 6.07) is 8.53. The topological polar surface area (TPSA) is 74.3 Å². The lowest BCUT2D eigenvalue weighted by Gasteiger charge is -2.08. The van der Waals surface area contributed by atoms with Gasteiger partial charge in [-0.05, 0) is 42.5 Å². The summed E-state index contributed by atoms with van der Waals surface area (Å²) >= 11 is 10.2. The van der Waals surface area contributed by atoms with Gasteiger partial charge in [-0.3, -0.25) is 4.79 Å². The van der Waals surface area contributed by atoms with E-state index in [9.17, 15) is 22.8 Å². The van der Waals surface area contributed by atoms with Crippen LogP contribution < -0.4 is 10.5 Å². The zero-order valence-electron chi connectivity index (χ0n) is 15.0. The Labute approximate surface area is 196 Å². The molecular weight excluding hydrogens is 654 g/mol. The number of hydrogen-bond donors (Lipinski definition) is 0. The number of carbonyl (C=O) groups excluding carboxylic acids is 1. The molecule has 0 amide bonds. The fourth-order valence-electron chi connectivity index (χ4n) is 2.41. The highest BCUT2D eigenvalue weighted by molar-refractivity contribution is 15.0. The third-order valence-corrected chi connectivity index (χ3v) is 3.90. The summed E-state index contributed by atoms with van der Waals surface area (Å²) in [7, 11) is 0. The van der Waals surface area contributed by atoms with Crippen molar-refractivity contribution in [2.24, 2.45) is 0 Å². The quantitative estimate of drug-likeness (QED) is 0.197. The zero-order chi connectivity index (χ0) is 22.5. The van der Waals surface area contributed by atoms with Crippen LogP contribution in [0.2, 0.25) is 5.02 Å². The minimum atomic E-state index is -4.47. The molecule has 3 aromatic rings. The molecule has 2 aromatic carbocycles. The maximum Gasteiger partial charge on any atom is 0.437 e. The van der Waals surface area contributed by atoms with Crippen LogP contribution in [0.25, 0.3) is 11.5 Å². The summed E-state index contributed by atoms with van der Waals surface area (Å²) in [4.78, 5) is 23.3. The van der Waals surface area contributed by atoms with E-state index < -0.39 is 23.5 Å². The van der Waals surface area contributed by atoms with Gasteiger partial charge in [0, 0.05) is 60.3 Å². The van der Waals surface area contributed by atoms with E-state index in [0.29, 0.717) is 10.6 Å². The molecule has 0 aliphatic carbocycles. The van der Waals surface area contributed by atoms with Crippen molar-refractivity contribution in [2.75, 3.05) is 0 Å². The van der Waals surface area contributed by atoms with E-state index in [2.05, 4.69) is 42.3 Å². The number of hydrogen-bond acceptors (Lipinski definition) is 5. The predicted octanol–water partition coefficient (Wildman–Crippen LogP) is 5.92. The van der Waals surface area contributed by atoms with Gasteiger partial charge in [0.25, 0.3) is 0 Å². The van der Waals surface area contributed by atoms with Gasteiger partial charge >= 0.3 is 17.9 Å². The summed E-state index contributed by atoms with van der Waals surface area (Å²) in [5.41, 5.74) is -0.227. The second-order valence-corrected chi connectivity index (χ2v) is 6.19. The monoisotopic (exact) mass is 666 g/mol. The molecule has 0 N–H and O–H groups in total. The van der Waals surface area contributed by atoms with Gasteiger partial charge in [-0.2, -0.15) is 17.9 Å². The highest BCUT2D eigenvalue weighted by Gasteiger charge is 2.30. The molecule has 160 valence electrons. The van der Waals surface area contributed by atoms with Crippen molar-refractivity contribution in [1.29, 1.82) is 0 Å². The van der Waals surface area contributed by atoms with Gasteiger partial charge in [-0.1, -0.05) is 11.6 Å². The Bertz CT molecular complexity index is 1080. The van der Waals surface area contributed by atoms with Crippen molar-refractivity contribution in [3.8, 4) is 17.2 Å². The largest absolute Gasteiger partial charge is 0.437 e. The van der Waals surface area contributed by atoms with E-state index in [1.165, 1.54) is 25.1 Å². The normalized spacial score (nSPS) is 10.9. The van der Waals surface area contributed by atoms with Gasteiger partial charge in [0.2, 0.25) is 5.89 Å². The molecule has 0 saturated heterocycles. The van der Waals surface area contributed by atoms with Crippen LogP contribution in [-0.2, 0) is 17.5 Å². The molecule has 0 spiro atoms. The van der Waals surface area contributed by atoms with Gasteiger partial charge in [0.05, 0.1) is 12.1 Å². The third kappa shape index (κ3) is 6.44. The van der Waals surface area contributed by atoms with Crippen LogP contribution in [0.15, 0.2) is 51.7 Å². The number of benzene rings is 2. The smallest absolute Gasteiger partial charge is 0.426 e. The third-order valence-electron chi connectivity index (χ3n) is 3.66. The molecule has 0 aliphatic rings. The van der Waals surface area contributed by atoms with Gasteiger partial charge in [-0.15, -0.1) is 5.10 Å². The molecule has 0 aliphatic heterocycles. The molecule has 0 saturated carbocycles. The molecule has 12 heteroatoms. The van der Waals surface area contributed by atoms with Crippen molar-refractivity contribution in [3.63, 3.8) is 0 Å². The fourth-order valence-corrected chi connectivity index (χ4v) is 2.61. The van der Waals surface area contributed by atoms with Crippen LogP contribution in [-0.4, -0.2) is 15.7 Å². The number of halogens is 6. The van der Waals surface area contributed by atoms with Crippen LogP contribution >= 0.6 is 48.8 Å². The predicted molar refractivity (Wildman–Crippen MR) is 121 cm³/mol. The minimum Gasteiger partial charge on any atom is -0.426 e. The Morgan fingerprint density at radius 1 is 1.20 bits per heavy atom. The highest BCUT2D eigenvalue weighted by Crippen LogP contribution is 2.30. The second kappa shape index (κ2) is 10.6. The summed E-state index contributed by atoms with van der Waals surface area (Å²) < 4.78 is 49.0. The van der Waals surface area contributed by atoms with E-state index >= 15 is 0 Å². The number of carbonyl (C=O) groups is 1. The Kier molecular flexibility index (Phi) is 8.73. The van der Waals surface area contributed by atoms with Gasteiger partial charge in [-0.25, -0.2) is 4.79 Å². The highest BCUT2D eigenvalue weighted by atomic mass is 128. The first-order valence-electron chi connectivity index (χ1n) is 8.00. The van der Waals surface area contributed by atoms with Crippen molar-refractivity contribution in [2.45, 2.75) is 19.6 Å². The van der Waals surface area contributed by atoms with Crippen LogP contribution in [0.1, 0.15) is 18.1 Å². The van der Waals surface area contributed by atoms with Crippen LogP contribution in [0, 0.1) is 0 Å². The number of rotatable bonds is 4. The maximum absolute atomic E-state index is 12.7. The van der Waals surface area contributed by atoms with Crippen LogP contribution in [0.5, 0.6) is 5.75 Å². The standard InChI is InChI=1S/C18H12ClF3N2O4.I2/c1-10(25)27-15-7-6-14(19)8-12(15)9-24-17(26)28-16(23-24)11-2-4-13(5-3-11)18(20,21)22;1-2/h2-8H,9H2,1H3;. The Balaban J connectivity index is 0.00000155. The lowest BCUT2D eigenvalue weighted by Crippen LogP contribution is -2.17. The second-order valence-electron chi connectivity index (χ2n) is 5.75. The molecule has 0 atom stereocenters. The van der Waals surface area contributed by atoms with Crippen LogP contribution in [0.3, 0.4) is 0 Å². The minimum absolute atomic E-state index is 0.119. The fraction of sp³-hybridized carbons (Fsp3) is 0.167. The number of nitrogens with zero attached hydrogens (tertiary/aromatic N) is 2. The Hall–Kier alpha value is -1.61. The maximum atomic E-state index is 12.7. The summed E-state index contributed by atoms with van der Waals surface area (Å²) in [5, 5.41) is 4.34. The molecule has 0 fully saturated rings. The van der Waals surface area contributed by atoms with Gasteiger partial charge < -0.3 is 9.15 Å². The first-order valence-corrected chi connectivity index (χ1v) is 14.7. The number of esters is 1. The molecule has 0 bridgehead atoms. The summed E-state index contributed by atoms with van der Waals surface area (Å²) in [5.74, 6) is -1.33. The van der Waals surface area contributed by atoms with Crippen molar-refractivity contribution in [1.82, 2.24) is 9.78 Å². The van der Waals surface area contributed by atoms with E-state index in [4.69, 9.17) is 20.8 Å². The van der Waals surface area contributed by atoms with E-state index in [1.54, 1.807) is 0 Å². The molecule has 1 aromatic heterocycles. The number of ether oxygens (including phenoxy) is 1. The number of aromatic nitrogens is 2. The lowest BCUT2D eigenvalue weighted by atomic mass is 10.1. The first-order chi connectivity index (χ1) is 14.1. The Morgan fingerprint density at radius 3 is 2.40 bits per heavy atom. The number of alkyl halides is 3. The molecule has 1 heterocycles. The summed E-state index contributed by atoms with van der Waals surface area (Å²) in [6.45, 7) is 1.11. The van der Waals surface area contributed by atoms with E-state index in [-0.39, 0.29) is 23.7 Å². The van der Waals surface area contributed by atoms with E-state index in [0.717, 1.165) is 28.9 Å². The Morgan fingerprint density at radius 2 is 1.83 bits per heavy atom.